The molecule has 1 heterocycles. The number of nitrogens with zero attached hydrogens (tertiary/aromatic N) is 1. The highest BCUT2D eigenvalue weighted by molar-refractivity contribution is 6.31. The Labute approximate surface area is 185 Å². The van der Waals surface area contributed by atoms with E-state index >= 15 is 0 Å². The highest BCUT2D eigenvalue weighted by atomic mass is 35.5. The number of halogens is 1. The van der Waals surface area contributed by atoms with Crippen molar-refractivity contribution >= 4 is 34.8 Å². The lowest BCUT2D eigenvalue weighted by Gasteiger charge is -2.33. The van der Waals surface area contributed by atoms with Gasteiger partial charge in [-0.05, 0) is 49.4 Å². The van der Waals surface area contributed by atoms with Crippen LogP contribution in [-0.2, 0) is 4.79 Å². The zero-order chi connectivity index (χ0) is 21.8. The minimum absolute atomic E-state index is 0.139. The fourth-order valence-corrected chi connectivity index (χ4v) is 3.51. The van der Waals surface area contributed by atoms with Crippen molar-refractivity contribution in [2.75, 3.05) is 23.4 Å². The molecule has 1 aliphatic rings. The van der Waals surface area contributed by atoms with Crippen LogP contribution in [0.4, 0.5) is 11.4 Å². The molecular weight excluding hydrogens is 416 g/mol. The van der Waals surface area contributed by atoms with Crippen LogP contribution >= 0.6 is 11.6 Å². The molecule has 31 heavy (non-hydrogen) atoms. The van der Waals surface area contributed by atoms with Crippen molar-refractivity contribution in [3.05, 3.63) is 83.4 Å². The van der Waals surface area contributed by atoms with Crippen LogP contribution in [0.1, 0.15) is 17.3 Å². The Bertz CT molecular complexity index is 1100. The molecule has 1 unspecified atom stereocenters. The molecule has 0 aromatic heterocycles. The first kappa shape index (κ1) is 20.8. The van der Waals surface area contributed by atoms with Crippen LogP contribution in [0.5, 0.6) is 11.5 Å². The van der Waals surface area contributed by atoms with Gasteiger partial charge in [0.2, 0.25) is 0 Å². The molecule has 0 fully saturated rings. The second kappa shape index (κ2) is 9.10. The number of amides is 2. The molecule has 4 rings (SSSR count). The number of para-hydroxylation sites is 1. The molecule has 0 bridgehead atoms. The third-order valence-corrected chi connectivity index (χ3v) is 5.07. The number of fused-ring (bicyclic) bond motifs is 1. The number of carbonyl (C=O) groups excluding carboxylic acids is 2. The van der Waals surface area contributed by atoms with Crippen molar-refractivity contribution in [3.63, 3.8) is 0 Å². The van der Waals surface area contributed by atoms with E-state index in [-0.39, 0.29) is 11.8 Å². The van der Waals surface area contributed by atoms with E-state index in [1.54, 1.807) is 54.3 Å². The molecule has 0 saturated heterocycles. The summed E-state index contributed by atoms with van der Waals surface area (Å²) in [5, 5.41) is 3.32. The molecule has 2 amide bonds. The number of benzene rings is 3. The first-order valence-corrected chi connectivity index (χ1v) is 10.3. The maximum Gasteiger partial charge on any atom is 0.267 e. The van der Waals surface area contributed by atoms with Crippen molar-refractivity contribution in [2.24, 2.45) is 0 Å². The van der Waals surface area contributed by atoms with Crippen LogP contribution in [0.2, 0.25) is 5.02 Å². The SMILES string of the molecule is CC1Oc2cc(NC(=O)c3cccc(Cl)c3)ccc2N(CCOc2ccccc2)C1=O. The number of carbonyl (C=O) groups is 2. The van der Waals surface area contributed by atoms with E-state index in [0.29, 0.717) is 40.9 Å². The van der Waals surface area contributed by atoms with E-state index in [4.69, 9.17) is 21.1 Å². The summed E-state index contributed by atoms with van der Waals surface area (Å²) in [5.74, 6) is 0.849. The first-order valence-electron chi connectivity index (χ1n) is 9.88. The largest absolute Gasteiger partial charge is 0.492 e. The van der Waals surface area contributed by atoms with Crippen LogP contribution in [0.15, 0.2) is 72.8 Å². The Balaban J connectivity index is 1.48. The van der Waals surface area contributed by atoms with Crippen molar-refractivity contribution < 1.29 is 19.1 Å². The quantitative estimate of drug-likeness (QED) is 0.603. The Kier molecular flexibility index (Phi) is 6.09. The molecule has 158 valence electrons. The van der Waals surface area contributed by atoms with Crippen LogP contribution < -0.4 is 19.7 Å². The normalized spacial score (nSPS) is 15.1. The summed E-state index contributed by atoms with van der Waals surface area (Å²) in [7, 11) is 0. The summed E-state index contributed by atoms with van der Waals surface area (Å²) in [4.78, 5) is 26.8. The molecular formula is C24H21ClN2O4. The lowest BCUT2D eigenvalue weighted by molar-refractivity contribution is -0.125. The van der Waals surface area contributed by atoms with Crippen molar-refractivity contribution in [1.29, 1.82) is 0 Å². The summed E-state index contributed by atoms with van der Waals surface area (Å²) in [6.45, 7) is 2.42. The molecule has 3 aromatic rings. The van der Waals surface area contributed by atoms with E-state index in [1.165, 1.54) is 0 Å². The zero-order valence-corrected chi connectivity index (χ0v) is 17.6. The second-order valence-corrected chi connectivity index (χ2v) is 7.49. The summed E-state index contributed by atoms with van der Waals surface area (Å²) in [5.41, 5.74) is 1.65. The number of hydrogen-bond acceptors (Lipinski definition) is 4. The van der Waals surface area contributed by atoms with Crippen molar-refractivity contribution in [3.8, 4) is 11.5 Å². The monoisotopic (exact) mass is 436 g/mol. The molecule has 1 N–H and O–H groups in total. The van der Waals surface area contributed by atoms with E-state index in [1.807, 2.05) is 30.3 Å². The molecule has 0 saturated carbocycles. The Morgan fingerprint density at radius 3 is 2.68 bits per heavy atom. The van der Waals surface area contributed by atoms with Crippen molar-refractivity contribution in [1.82, 2.24) is 0 Å². The standard InChI is InChI=1S/C24H21ClN2O4/c1-16-24(29)27(12-13-30-20-8-3-2-4-9-20)21-11-10-19(15-22(21)31-16)26-23(28)17-6-5-7-18(25)14-17/h2-11,14-16H,12-13H2,1H3,(H,26,28). The van der Waals surface area contributed by atoms with Gasteiger partial charge in [0.1, 0.15) is 18.1 Å². The van der Waals surface area contributed by atoms with E-state index in [0.717, 1.165) is 5.75 Å². The number of nitrogens with one attached hydrogen (secondary N) is 1. The first-order chi connectivity index (χ1) is 15.0. The minimum atomic E-state index is -0.636. The van der Waals surface area contributed by atoms with Crippen LogP contribution in [-0.4, -0.2) is 31.1 Å². The Morgan fingerprint density at radius 1 is 1.10 bits per heavy atom. The predicted octanol–water partition coefficient (Wildman–Crippen LogP) is 4.79. The predicted molar refractivity (Wildman–Crippen MR) is 120 cm³/mol. The van der Waals surface area contributed by atoms with E-state index in [9.17, 15) is 9.59 Å². The van der Waals surface area contributed by atoms with Gasteiger partial charge in [0.15, 0.2) is 6.10 Å². The minimum Gasteiger partial charge on any atom is -0.492 e. The van der Waals surface area contributed by atoms with Gasteiger partial charge < -0.3 is 19.7 Å². The van der Waals surface area contributed by atoms with Gasteiger partial charge in [-0.1, -0.05) is 35.9 Å². The fraction of sp³-hybridized carbons (Fsp3) is 0.167. The van der Waals surface area contributed by atoms with Crippen LogP contribution in [0.25, 0.3) is 0 Å². The van der Waals surface area contributed by atoms with Crippen LogP contribution in [0, 0.1) is 0 Å². The smallest absolute Gasteiger partial charge is 0.267 e. The number of ether oxygens (including phenoxy) is 2. The van der Waals surface area contributed by atoms with Gasteiger partial charge in [0, 0.05) is 22.3 Å². The van der Waals surface area contributed by atoms with E-state index in [2.05, 4.69) is 5.32 Å². The lowest BCUT2D eigenvalue weighted by atomic mass is 10.1. The maximum atomic E-state index is 12.7. The van der Waals surface area contributed by atoms with Gasteiger partial charge in [-0.3, -0.25) is 9.59 Å². The average Bonchev–Trinajstić information content (AvgIpc) is 2.77. The zero-order valence-electron chi connectivity index (χ0n) is 16.9. The van der Waals surface area contributed by atoms with Gasteiger partial charge in [-0.15, -0.1) is 0 Å². The maximum absolute atomic E-state index is 12.7. The average molecular weight is 437 g/mol. The molecule has 0 aliphatic carbocycles. The molecule has 0 radical (unpaired) electrons. The van der Waals surface area contributed by atoms with Gasteiger partial charge >= 0.3 is 0 Å². The highest BCUT2D eigenvalue weighted by Crippen LogP contribution is 2.36. The fourth-order valence-electron chi connectivity index (χ4n) is 3.32. The van der Waals surface area contributed by atoms with Crippen molar-refractivity contribution in [2.45, 2.75) is 13.0 Å². The molecule has 7 heteroatoms. The molecule has 0 spiro atoms. The number of hydrogen-bond donors (Lipinski definition) is 1. The molecule has 1 atom stereocenters. The molecule has 6 nitrogen and oxygen atoms in total. The third kappa shape index (κ3) is 4.81. The highest BCUT2D eigenvalue weighted by Gasteiger charge is 2.31. The molecule has 3 aromatic carbocycles. The topological polar surface area (TPSA) is 67.9 Å². The third-order valence-electron chi connectivity index (χ3n) is 4.84. The summed E-state index contributed by atoms with van der Waals surface area (Å²) < 4.78 is 11.5. The van der Waals surface area contributed by atoms with Gasteiger partial charge in [0.05, 0.1) is 12.2 Å². The van der Waals surface area contributed by atoms with Gasteiger partial charge in [-0.2, -0.15) is 0 Å². The number of rotatable bonds is 6. The van der Waals surface area contributed by atoms with Crippen LogP contribution in [0.3, 0.4) is 0 Å². The number of anilines is 2. The Morgan fingerprint density at radius 2 is 1.90 bits per heavy atom. The summed E-state index contributed by atoms with van der Waals surface area (Å²) in [6.07, 6.45) is -0.636. The van der Waals surface area contributed by atoms with E-state index < -0.39 is 6.10 Å². The van der Waals surface area contributed by atoms with Gasteiger partial charge in [-0.25, -0.2) is 0 Å². The second-order valence-electron chi connectivity index (χ2n) is 7.06. The van der Waals surface area contributed by atoms with Gasteiger partial charge in [0.25, 0.3) is 11.8 Å². The summed E-state index contributed by atoms with van der Waals surface area (Å²) >= 11 is 5.97. The molecule has 1 aliphatic heterocycles. The summed E-state index contributed by atoms with van der Waals surface area (Å²) in [6, 6.07) is 21.4. The Hall–Kier alpha value is -3.51. The lowest BCUT2D eigenvalue weighted by Crippen LogP contribution is -2.46.